The van der Waals surface area contributed by atoms with Crippen molar-refractivity contribution in [2.45, 2.75) is 30.6 Å². The maximum atomic E-state index is 13.1. The lowest BCUT2D eigenvalue weighted by molar-refractivity contribution is -0.119. The van der Waals surface area contributed by atoms with Crippen molar-refractivity contribution in [3.8, 4) is 0 Å². The SMILES string of the molecule is O=C(Nc1cc(S(=O)(=O)N2CCOCC2)ccc1N1CCOCC1)C1CCCC1. The van der Waals surface area contributed by atoms with Gasteiger partial charge in [-0.05, 0) is 31.0 Å². The summed E-state index contributed by atoms with van der Waals surface area (Å²) in [7, 11) is -3.63. The fourth-order valence-corrected chi connectivity index (χ4v) is 5.65. The minimum absolute atomic E-state index is 0.00652. The first kappa shape index (κ1) is 20.6. The number of hydrogen-bond donors (Lipinski definition) is 1. The average Bonchev–Trinajstić information content (AvgIpc) is 3.30. The molecule has 160 valence electrons. The first-order chi connectivity index (χ1) is 14.1. The Labute approximate surface area is 172 Å². The van der Waals surface area contributed by atoms with Crippen molar-refractivity contribution >= 4 is 27.3 Å². The van der Waals surface area contributed by atoms with E-state index >= 15 is 0 Å². The molecule has 1 saturated carbocycles. The number of sulfonamides is 1. The number of carbonyl (C=O) groups excluding carboxylic acids is 1. The molecule has 1 aliphatic carbocycles. The molecular weight excluding hydrogens is 394 g/mol. The predicted molar refractivity (Wildman–Crippen MR) is 110 cm³/mol. The molecular formula is C20H29N3O5S. The number of nitrogens with zero attached hydrogens (tertiary/aromatic N) is 2. The Morgan fingerprint density at radius 2 is 1.59 bits per heavy atom. The number of carbonyl (C=O) groups is 1. The Morgan fingerprint density at radius 3 is 2.24 bits per heavy atom. The molecule has 9 heteroatoms. The van der Waals surface area contributed by atoms with Crippen molar-refractivity contribution in [3.63, 3.8) is 0 Å². The molecule has 1 N–H and O–H groups in total. The lowest BCUT2D eigenvalue weighted by Crippen LogP contribution is -2.40. The predicted octanol–water partition coefficient (Wildman–Crippen LogP) is 1.67. The second kappa shape index (κ2) is 8.99. The van der Waals surface area contributed by atoms with Gasteiger partial charge >= 0.3 is 0 Å². The van der Waals surface area contributed by atoms with Crippen LogP contribution in [0.4, 0.5) is 11.4 Å². The number of anilines is 2. The van der Waals surface area contributed by atoms with Crippen molar-refractivity contribution in [1.29, 1.82) is 0 Å². The van der Waals surface area contributed by atoms with Gasteiger partial charge in [-0.15, -0.1) is 0 Å². The van der Waals surface area contributed by atoms with Gasteiger partial charge in [-0.2, -0.15) is 4.31 Å². The Morgan fingerprint density at radius 1 is 0.966 bits per heavy atom. The van der Waals surface area contributed by atoms with Crippen LogP contribution in [0.15, 0.2) is 23.1 Å². The van der Waals surface area contributed by atoms with Crippen molar-refractivity contribution in [1.82, 2.24) is 4.31 Å². The molecule has 3 fully saturated rings. The maximum absolute atomic E-state index is 13.1. The number of hydrogen-bond acceptors (Lipinski definition) is 6. The molecule has 2 heterocycles. The first-order valence-electron chi connectivity index (χ1n) is 10.4. The summed E-state index contributed by atoms with van der Waals surface area (Å²) in [5.74, 6) is -0.00928. The maximum Gasteiger partial charge on any atom is 0.243 e. The Hall–Kier alpha value is -1.68. The Bertz CT molecular complexity index is 827. The van der Waals surface area contributed by atoms with E-state index in [2.05, 4.69) is 10.2 Å². The lowest BCUT2D eigenvalue weighted by atomic mass is 10.1. The molecule has 8 nitrogen and oxygen atoms in total. The fraction of sp³-hybridized carbons (Fsp3) is 0.650. The number of ether oxygens (including phenoxy) is 2. The van der Waals surface area contributed by atoms with Crippen LogP contribution in [0.25, 0.3) is 0 Å². The summed E-state index contributed by atoms with van der Waals surface area (Å²) in [6, 6.07) is 5.06. The van der Waals surface area contributed by atoms with Crippen LogP contribution < -0.4 is 10.2 Å². The molecule has 1 aromatic rings. The van der Waals surface area contributed by atoms with Crippen LogP contribution in [0, 0.1) is 5.92 Å². The molecule has 1 aromatic carbocycles. The van der Waals surface area contributed by atoms with Crippen LogP contribution >= 0.6 is 0 Å². The van der Waals surface area contributed by atoms with Crippen LogP contribution in [-0.2, 0) is 24.3 Å². The van der Waals surface area contributed by atoms with Gasteiger partial charge in [-0.3, -0.25) is 4.79 Å². The zero-order valence-electron chi connectivity index (χ0n) is 16.6. The molecule has 2 aliphatic heterocycles. The molecule has 4 rings (SSSR count). The van der Waals surface area contributed by atoms with Crippen LogP contribution in [-0.4, -0.2) is 71.2 Å². The van der Waals surface area contributed by atoms with Crippen LogP contribution in [0.2, 0.25) is 0 Å². The number of amides is 1. The van der Waals surface area contributed by atoms with Crippen LogP contribution in [0.3, 0.4) is 0 Å². The molecule has 2 saturated heterocycles. The number of nitrogens with one attached hydrogen (secondary N) is 1. The van der Waals surface area contributed by atoms with E-state index in [0.29, 0.717) is 58.3 Å². The van der Waals surface area contributed by atoms with E-state index in [1.54, 1.807) is 12.1 Å². The standard InChI is InChI=1S/C20H29N3O5S/c24-20(16-3-1-2-4-16)21-18-15-17(29(25,26)23-9-13-28-14-10-23)5-6-19(18)22-7-11-27-12-8-22/h5-6,15-16H,1-4,7-14H2,(H,21,24). The van der Waals surface area contributed by atoms with Gasteiger partial charge in [0, 0.05) is 32.1 Å². The van der Waals surface area contributed by atoms with Gasteiger partial charge in [-0.25, -0.2) is 8.42 Å². The lowest BCUT2D eigenvalue weighted by Gasteiger charge is -2.31. The van der Waals surface area contributed by atoms with Crippen molar-refractivity contribution < 1.29 is 22.7 Å². The minimum Gasteiger partial charge on any atom is -0.379 e. The number of benzene rings is 1. The van der Waals surface area contributed by atoms with E-state index in [0.717, 1.165) is 31.4 Å². The van der Waals surface area contributed by atoms with E-state index in [-0.39, 0.29) is 16.7 Å². The van der Waals surface area contributed by atoms with E-state index in [4.69, 9.17) is 9.47 Å². The summed E-state index contributed by atoms with van der Waals surface area (Å²) >= 11 is 0. The van der Waals surface area contributed by atoms with E-state index < -0.39 is 10.0 Å². The summed E-state index contributed by atoms with van der Waals surface area (Å²) < 4.78 is 38.4. The highest BCUT2D eigenvalue weighted by Gasteiger charge is 2.29. The zero-order valence-corrected chi connectivity index (χ0v) is 17.5. The first-order valence-corrected chi connectivity index (χ1v) is 11.9. The van der Waals surface area contributed by atoms with Crippen molar-refractivity contribution in [3.05, 3.63) is 18.2 Å². The fourth-order valence-electron chi connectivity index (χ4n) is 4.21. The summed E-state index contributed by atoms with van der Waals surface area (Å²) in [6.45, 7) is 4.14. The molecule has 3 aliphatic rings. The van der Waals surface area contributed by atoms with Crippen molar-refractivity contribution in [2.75, 3.05) is 62.8 Å². The highest BCUT2D eigenvalue weighted by molar-refractivity contribution is 7.89. The average molecular weight is 424 g/mol. The van der Waals surface area contributed by atoms with Gasteiger partial charge in [0.25, 0.3) is 0 Å². The van der Waals surface area contributed by atoms with Gasteiger partial charge in [0.15, 0.2) is 0 Å². The molecule has 0 atom stereocenters. The Balaban J connectivity index is 1.64. The van der Waals surface area contributed by atoms with E-state index in [1.165, 1.54) is 4.31 Å². The van der Waals surface area contributed by atoms with Crippen LogP contribution in [0.5, 0.6) is 0 Å². The molecule has 29 heavy (non-hydrogen) atoms. The summed E-state index contributed by atoms with van der Waals surface area (Å²) in [5, 5.41) is 3.04. The third-order valence-corrected chi connectivity index (χ3v) is 7.81. The normalized spacial score (nSPS) is 22.0. The zero-order chi connectivity index (χ0) is 20.3. The third-order valence-electron chi connectivity index (χ3n) is 5.91. The molecule has 0 spiro atoms. The number of rotatable bonds is 5. The molecule has 0 bridgehead atoms. The second-order valence-corrected chi connectivity index (χ2v) is 9.70. The topological polar surface area (TPSA) is 88.2 Å². The smallest absolute Gasteiger partial charge is 0.243 e. The van der Waals surface area contributed by atoms with Crippen LogP contribution in [0.1, 0.15) is 25.7 Å². The van der Waals surface area contributed by atoms with E-state index in [9.17, 15) is 13.2 Å². The van der Waals surface area contributed by atoms with Gasteiger partial charge in [0.2, 0.25) is 15.9 Å². The highest BCUT2D eigenvalue weighted by atomic mass is 32.2. The van der Waals surface area contributed by atoms with Gasteiger partial charge in [0.05, 0.1) is 42.7 Å². The largest absolute Gasteiger partial charge is 0.379 e. The molecule has 0 radical (unpaired) electrons. The molecule has 0 unspecified atom stereocenters. The summed E-state index contributed by atoms with van der Waals surface area (Å²) in [4.78, 5) is 15.1. The van der Waals surface area contributed by atoms with Crippen molar-refractivity contribution in [2.24, 2.45) is 5.92 Å². The molecule has 0 aromatic heterocycles. The second-order valence-electron chi connectivity index (χ2n) is 7.77. The third kappa shape index (κ3) is 4.58. The van der Waals surface area contributed by atoms with Gasteiger partial charge in [-0.1, -0.05) is 12.8 Å². The Kier molecular flexibility index (Phi) is 6.38. The molecule has 1 amide bonds. The minimum atomic E-state index is -3.63. The monoisotopic (exact) mass is 423 g/mol. The van der Waals surface area contributed by atoms with Gasteiger partial charge < -0.3 is 19.7 Å². The highest BCUT2D eigenvalue weighted by Crippen LogP contribution is 2.33. The quantitative estimate of drug-likeness (QED) is 0.775. The summed E-state index contributed by atoms with van der Waals surface area (Å²) in [6.07, 6.45) is 3.93. The summed E-state index contributed by atoms with van der Waals surface area (Å²) in [5.41, 5.74) is 1.42. The number of morpholine rings is 2. The van der Waals surface area contributed by atoms with E-state index in [1.807, 2.05) is 6.07 Å². The van der Waals surface area contributed by atoms with Gasteiger partial charge in [0.1, 0.15) is 0 Å².